The Morgan fingerprint density at radius 3 is 2.79 bits per heavy atom. The van der Waals surface area contributed by atoms with Crippen molar-refractivity contribution in [3.8, 4) is 5.75 Å². The van der Waals surface area contributed by atoms with Gasteiger partial charge in [0, 0.05) is 24.6 Å². The highest BCUT2D eigenvalue weighted by atomic mass is 79.9. The molecule has 0 aromatic heterocycles. The Morgan fingerprint density at radius 2 is 2.11 bits per heavy atom. The lowest BCUT2D eigenvalue weighted by atomic mass is 9.98. The van der Waals surface area contributed by atoms with Crippen molar-refractivity contribution in [3.63, 3.8) is 0 Å². The van der Waals surface area contributed by atoms with Crippen LogP contribution < -0.4 is 4.74 Å². The van der Waals surface area contributed by atoms with Crippen LogP contribution >= 0.6 is 15.9 Å². The van der Waals surface area contributed by atoms with Crippen molar-refractivity contribution >= 4 is 33.7 Å². The van der Waals surface area contributed by atoms with Crippen LogP contribution in [0.2, 0.25) is 0 Å². The van der Waals surface area contributed by atoms with Crippen molar-refractivity contribution in [3.05, 3.63) is 28.5 Å². The van der Waals surface area contributed by atoms with Crippen molar-refractivity contribution in [1.29, 1.82) is 0 Å². The van der Waals surface area contributed by atoms with Crippen molar-refractivity contribution in [2.45, 2.75) is 19.8 Å². The van der Waals surface area contributed by atoms with Crippen LogP contribution in [0.4, 0.5) is 4.39 Å². The van der Waals surface area contributed by atoms with Crippen LogP contribution in [0.15, 0.2) is 22.7 Å². The van der Waals surface area contributed by atoms with Crippen LogP contribution in [0.25, 0.3) is 0 Å². The van der Waals surface area contributed by atoms with Crippen LogP contribution in [0.3, 0.4) is 0 Å². The number of rotatable bonds is 7. The summed E-state index contributed by atoms with van der Waals surface area (Å²) in [6.07, 6.45) is 1.39. The van der Waals surface area contributed by atoms with E-state index in [1.54, 1.807) is 17.9 Å². The smallest absolute Gasteiger partial charge is 0.310 e. The van der Waals surface area contributed by atoms with Crippen molar-refractivity contribution in [2.24, 2.45) is 5.92 Å². The van der Waals surface area contributed by atoms with E-state index in [4.69, 9.17) is 9.47 Å². The molecule has 28 heavy (non-hydrogen) atoms. The number of hydrogen-bond donors (Lipinski definition) is 0. The first-order valence-corrected chi connectivity index (χ1v) is 9.87. The van der Waals surface area contributed by atoms with Crippen molar-refractivity contribution in [1.82, 2.24) is 9.80 Å². The maximum Gasteiger partial charge on any atom is 0.310 e. The van der Waals surface area contributed by atoms with Gasteiger partial charge in [-0.15, -0.1) is 0 Å². The number of carbonyl (C=O) groups excluding carboxylic acids is 3. The lowest BCUT2D eigenvalue weighted by Gasteiger charge is -2.32. The van der Waals surface area contributed by atoms with Gasteiger partial charge in [0.1, 0.15) is 0 Å². The number of amides is 2. The number of likely N-dealkylation sites (N-methyl/N-ethyl adjacent to an activating group) is 1. The number of carbonyl (C=O) groups is 3. The van der Waals surface area contributed by atoms with Gasteiger partial charge in [-0.25, -0.2) is 4.39 Å². The summed E-state index contributed by atoms with van der Waals surface area (Å²) in [5, 5.41) is 0. The molecule has 0 aliphatic carbocycles. The molecule has 0 radical (unpaired) electrons. The van der Waals surface area contributed by atoms with Gasteiger partial charge < -0.3 is 19.3 Å². The lowest BCUT2D eigenvalue weighted by molar-refractivity contribution is -0.152. The highest BCUT2D eigenvalue weighted by Gasteiger charge is 2.30. The molecule has 0 spiro atoms. The molecule has 1 aromatic carbocycles. The van der Waals surface area contributed by atoms with Crippen LogP contribution in [-0.4, -0.2) is 67.5 Å². The molecule has 1 aromatic rings. The van der Waals surface area contributed by atoms with Gasteiger partial charge in [-0.05, 0) is 38.0 Å². The number of esters is 1. The van der Waals surface area contributed by atoms with E-state index >= 15 is 0 Å². The molecule has 9 heteroatoms. The zero-order chi connectivity index (χ0) is 20.7. The number of halogens is 2. The first kappa shape index (κ1) is 22.1. The van der Waals surface area contributed by atoms with Crippen LogP contribution in [0.1, 0.15) is 19.8 Å². The molecule has 1 atom stereocenters. The van der Waals surface area contributed by atoms with E-state index in [0.717, 1.165) is 0 Å². The molecular formula is C19H24BrFN2O5. The van der Waals surface area contributed by atoms with E-state index in [1.165, 1.54) is 24.1 Å². The van der Waals surface area contributed by atoms with Gasteiger partial charge in [-0.3, -0.25) is 14.4 Å². The Balaban J connectivity index is 1.83. The number of likely N-dealkylation sites (tertiary alicyclic amines) is 1. The van der Waals surface area contributed by atoms with Crippen LogP contribution in [0.5, 0.6) is 5.75 Å². The number of piperidine rings is 1. The number of nitrogens with zero attached hydrogens (tertiary/aromatic N) is 2. The Labute approximate surface area is 171 Å². The summed E-state index contributed by atoms with van der Waals surface area (Å²) in [4.78, 5) is 39.4. The van der Waals surface area contributed by atoms with Gasteiger partial charge in [-0.1, -0.05) is 15.9 Å². The molecule has 154 valence electrons. The summed E-state index contributed by atoms with van der Waals surface area (Å²) in [5.74, 6) is -1.95. The maximum absolute atomic E-state index is 13.7. The predicted octanol–water partition coefficient (Wildman–Crippen LogP) is 2.23. The van der Waals surface area contributed by atoms with Crippen LogP contribution in [0, 0.1) is 11.7 Å². The minimum atomic E-state index is -0.584. The van der Waals surface area contributed by atoms with Crippen molar-refractivity contribution < 1.29 is 28.2 Å². The number of hydrogen-bond acceptors (Lipinski definition) is 5. The fourth-order valence-electron chi connectivity index (χ4n) is 2.89. The minimum absolute atomic E-state index is 0.0374. The van der Waals surface area contributed by atoms with Gasteiger partial charge in [0.05, 0.1) is 19.1 Å². The first-order valence-electron chi connectivity index (χ1n) is 9.08. The van der Waals surface area contributed by atoms with Gasteiger partial charge in [0.15, 0.2) is 18.2 Å². The third-order valence-electron chi connectivity index (χ3n) is 4.44. The van der Waals surface area contributed by atoms with E-state index in [2.05, 4.69) is 15.9 Å². The van der Waals surface area contributed by atoms with Gasteiger partial charge in [0.2, 0.25) is 5.91 Å². The molecule has 1 aliphatic heterocycles. The third-order valence-corrected chi connectivity index (χ3v) is 4.93. The first-order chi connectivity index (χ1) is 13.3. The Morgan fingerprint density at radius 1 is 1.36 bits per heavy atom. The highest BCUT2D eigenvalue weighted by Crippen LogP contribution is 2.21. The monoisotopic (exact) mass is 458 g/mol. The summed E-state index contributed by atoms with van der Waals surface area (Å²) < 4.78 is 24.5. The molecule has 0 saturated carbocycles. The Hall–Kier alpha value is -2.16. The van der Waals surface area contributed by atoms with Crippen molar-refractivity contribution in [2.75, 3.05) is 39.9 Å². The highest BCUT2D eigenvalue weighted by molar-refractivity contribution is 9.10. The fraction of sp³-hybridized carbons (Fsp3) is 0.526. The Bertz CT molecular complexity index is 730. The van der Waals surface area contributed by atoms with E-state index in [0.29, 0.717) is 37.0 Å². The molecule has 0 bridgehead atoms. The number of benzene rings is 1. The molecular weight excluding hydrogens is 435 g/mol. The lowest BCUT2D eigenvalue weighted by Crippen LogP contribution is -2.47. The van der Waals surface area contributed by atoms with E-state index in [9.17, 15) is 18.8 Å². The van der Waals surface area contributed by atoms with E-state index in [-0.39, 0.29) is 36.7 Å². The summed E-state index contributed by atoms with van der Waals surface area (Å²) in [6, 6.07) is 4.26. The fourth-order valence-corrected chi connectivity index (χ4v) is 3.22. The standard InChI is InChI=1S/C19H24BrFN2O5/c1-3-27-19(26)13-5-4-8-23(10-13)17(24)11-22(2)18(25)12-28-16-7-6-14(20)9-15(16)21/h6-7,9,13H,3-5,8,10-12H2,1-2H3. The molecule has 1 heterocycles. The van der Waals surface area contributed by atoms with Gasteiger partial charge in [-0.2, -0.15) is 0 Å². The zero-order valence-corrected chi connectivity index (χ0v) is 17.5. The molecule has 2 rings (SSSR count). The summed E-state index contributed by atoms with van der Waals surface area (Å²) in [6.45, 7) is 2.36. The SMILES string of the molecule is CCOC(=O)C1CCCN(C(=O)CN(C)C(=O)COc2ccc(Br)cc2F)C1. The predicted molar refractivity (Wildman–Crippen MR) is 103 cm³/mol. The molecule has 1 saturated heterocycles. The summed E-state index contributed by atoms with van der Waals surface area (Å²) in [7, 11) is 1.48. The van der Waals surface area contributed by atoms with E-state index < -0.39 is 11.7 Å². The van der Waals surface area contributed by atoms with E-state index in [1.807, 2.05) is 0 Å². The quantitative estimate of drug-likeness (QED) is 0.585. The Kier molecular flexibility index (Phi) is 8.22. The normalized spacial score (nSPS) is 16.4. The molecule has 7 nitrogen and oxygen atoms in total. The largest absolute Gasteiger partial charge is 0.481 e. The number of ether oxygens (including phenoxy) is 2. The second-order valence-corrected chi connectivity index (χ2v) is 7.46. The molecule has 1 unspecified atom stereocenters. The topological polar surface area (TPSA) is 76.2 Å². The van der Waals surface area contributed by atoms with Gasteiger partial charge in [0.25, 0.3) is 5.91 Å². The maximum atomic E-state index is 13.7. The van der Waals surface area contributed by atoms with Gasteiger partial charge >= 0.3 is 5.97 Å². The second-order valence-electron chi connectivity index (χ2n) is 6.54. The molecule has 1 aliphatic rings. The third kappa shape index (κ3) is 6.19. The average Bonchev–Trinajstić information content (AvgIpc) is 2.67. The molecule has 2 amide bonds. The summed E-state index contributed by atoms with van der Waals surface area (Å²) in [5.41, 5.74) is 0. The minimum Gasteiger partial charge on any atom is -0.481 e. The second kappa shape index (κ2) is 10.4. The van der Waals surface area contributed by atoms with Crippen LogP contribution in [-0.2, 0) is 19.1 Å². The average molecular weight is 459 g/mol. The molecule has 0 N–H and O–H groups in total. The summed E-state index contributed by atoms with van der Waals surface area (Å²) >= 11 is 3.14. The zero-order valence-electron chi connectivity index (χ0n) is 16.0. The molecule has 1 fully saturated rings.